The van der Waals surface area contributed by atoms with E-state index in [1.54, 1.807) is 24.3 Å². The molecule has 0 aromatic heterocycles. The second kappa shape index (κ2) is 10.4. The zero-order chi connectivity index (χ0) is 22.3. The highest BCUT2D eigenvalue weighted by Crippen LogP contribution is 2.45. The first kappa shape index (κ1) is 23.4. The highest BCUT2D eigenvalue weighted by atomic mass is 32.2. The van der Waals surface area contributed by atoms with Gasteiger partial charge in [0.1, 0.15) is 0 Å². The van der Waals surface area contributed by atoms with E-state index < -0.39 is 9.84 Å². The zero-order valence-corrected chi connectivity index (χ0v) is 18.5. The van der Waals surface area contributed by atoms with Gasteiger partial charge in [0.25, 0.3) is 6.47 Å². The highest BCUT2D eigenvalue weighted by Gasteiger charge is 2.44. The Labute approximate surface area is 184 Å². The predicted octanol–water partition coefficient (Wildman–Crippen LogP) is 3.49. The number of carboxylic acid groups (broad SMARTS) is 1. The molecule has 4 rings (SSSR count). The summed E-state index contributed by atoms with van der Waals surface area (Å²) in [7, 11) is -3.37. The lowest BCUT2D eigenvalue weighted by molar-refractivity contribution is -0.122. The van der Waals surface area contributed by atoms with Crippen LogP contribution in [0.3, 0.4) is 0 Å². The summed E-state index contributed by atoms with van der Waals surface area (Å²) in [5.41, 5.74) is 1.99. The normalized spacial score (nSPS) is 23.8. The fraction of sp³-hybridized carbons (Fsp3) is 0.458. The number of piperidine rings is 1. The van der Waals surface area contributed by atoms with Gasteiger partial charge in [-0.1, -0.05) is 48.9 Å². The summed E-state index contributed by atoms with van der Waals surface area (Å²) in [5.74, 6) is 0.0226. The Balaban J connectivity index is 0.000000858. The third-order valence-electron chi connectivity index (χ3n) is 6.51. The number of sulfone groups is 1. The van der Waals surface area contributed by atoms with Gasteiger partial charge < -0.3 is 10.2 Å². The summed E-state index contributed by atoms with van der Waals surface area (Å²) < 4.78 is 25.7. The summed E-state index contributed by atoms with van der Waals surface area (Å²) in [6.07, 6.45) is 5.15. The van der Waals surface area contributed by atoms with Gasteiger partial charge in [0, 0.05) is 18.5 Å². The van der Waals surface area contributed by atoms with Crippen molar-refractivity contribution in [2.75, 3.05) is 13.1 Å². The molecule has 1 aliphatic heterocycles. The van der Waals surface area contributed by atoms with Gasteiger partial charge in [0.05, 0.1) is 16.8 Å². The number of hydrogen-bond donors (Lipinski definition) is 2. The molecule has 31 heavy (non-hydrogen) atoms. The van der Waals surface area contributed by atoms with E-state index in [2.05, 4.69) is 4.90 Å². The van der Waals surface area contributed by atoms with Crippen LogP contribution in [0.4, 0.5) is 0 Å². The van der Waals surface area contributed by atoms with Gasteiger partial charge in [-0.2, -0.15) is 0 Å². The molecule has 2 aromatic carbocycles. The minimum Gasteiger partial charge on any atom is -0.483 e. The molecule has 2 aromatic rings. The van der Waals surface area contributed by atoms with Crippen molar-refractivity contribution < 1.29 is 23.4 Å². The molecular formula is C24H31NO5S. The lowest BCUT2D eigenvalue weighted by atomic mass is 9.76. The van der Waals surface area contributed by atoms with Gasteiger partial charge >= 0.3 is 0 Å². The van der Waals surface area contributed by atoms with Crippen molar-refractivity contribution >= 4 is 16.3 Å². The average Bonchev–Trinajstić information content (AvgIpc) is 3.10. The van der Waals surface area contributed by atoms with E-state index in [4.69, 9.17) is 9.90 Å². The fourth-order valence-corrected chi connectivity index (χ4v) is 6.43. The smallest absolute Gasteiger partial charge is 0.290 e. The van der Waals surface area contributed by atoms with Crippen LogP contribution in [0.25, 0.3) is 0 Å². The molecule has 1 heterocycles. The molecule has 168 valence electrons. The van der Waals surface area contributed by atoms with Gasteiger partial charge in [0.15, 0.2) is 9.84 Å². The lowest BCUT2D eigenvalue weighted by Gasteiger charge is -2.42. The number of rotatable bonds is 5. The first-order valence-corrected chi connectivity index (χ1v) is 12.4. The number of benzene rings is 2. The summed E-state index contributed by atoms with van der Waals surface area (Å²) in [5, 5.41) is 17.4. The van der Waals surface area contributed by atoms with E-state index >= 15 is 0 Å². The Morgan fingerprint density at radius 2 is 1.61 bits per heavy atom. The Morgan fingerprint density at radius 1 is 1.00 bits per heavy atom. The second-order valence-electron chi connectivity index (χ2n) is 8.53. The number of aliphatic hydroxyl groups is 1. The van der Waals surface area contributed by atoms with Crippen LogP contribution in [-0.4, -0.2) is 49.2 Å². The molecule has 7 heteroatoms. The van der Waals surface area contributed by atoms with Crippen LogP contribution in [0.15, 0.2) is 59.5 Å². The molecule has 2 atom stereocenters. The van der Waals surface area contributed by atoms with E-state index in [0.717, 1.165) is 62.9 Å². The van der Waals surface area contributed by atoms with Gasteiger partial charge in [-0.25, -0.2) is 8.42 Å². The van der Waals surface area contributed by atoms with Crippen molar-refractivity contribution in [1.29, 1.82) is 0 Å². The molecule has 0 unspecified atom stereocenters. The minimum absolute atomic E-state index is 0.0226. The molecular weight excluding hydrogens is 414 g/mol. The standard InChI is InChI=1S/C23H29NO3S.CH2O2/c25-22-12-6-13-23(22)14-7-15-24(18-23)16-19-8-4-5-9-20(19)17-28(26,27)21-10-2-1-3-11-21;2-1-3/h1-5,8-11,22,25H,6-7,12-18H2;1H,(H,2,3)/t22-,23-;/m1./s1. The highest BCUT2D eigenvalue weighted by molar-refractivity contribution is 7.90. The molecule has 0 radical (unpaired) electrons. The van der Waals surface area contributed by atoms with E-state index in [0.29, 0.717) is 4.90 Å². The molecule has 1 spiro atoms. The maximum absolute atomic E-state index is 12.8. The van der Waals surface area contributed by atoms with Gasteiger partial charge in [-0.3, -0.25) is 9.69 Å². The van der Waals surface area contributed by atoms with Gasteiger partial charge in [-0.15, -0.1) is 0 Å². The topological polar surface area (TPSA) is 94.9 Å². The van der Waals surface area contributed by atoms with Crippen molar-refractivity contribution in [3.8, 4) is 0 Å². The first-order valence-electron chi connectivity index (χ1n) is 10.7. The lowest BCUT2D eigenvalue weighted by Crippen LogP contribution is -2.46. The van der Waals surface area contributed by atoms with Crippen LogP contribution < -0.4 is 0 Å². The molecule has 2 N–H and O–H groups in total. The Hall–Kier alpha value is -2.22. The zero-order valence-electron chi connectivity index (χ0n) is 17.7. The van der Waals surface area contributed by atoms with E-state index in [9.17, 15) is 13.5 Å². The maximum Gasteiger partial charge on any atom is 0.290 e. The van der Waals surface area contributed by atoms with E-state index in [-0.39, 0.29) is 23.7 Å². The molecule has 6 nitrogen and oxygen atoms in total. The maximum atomic E-state index is 12.8. The van der Waals surface area contributed by atoms with Crippen LogP contribution in [0.1, 0.15) is 43.2 Å². The molecule has 1 saturated heterocycles. The van der Waals surface area contributed by atoms with Crippen molar-refractivity contribution in [2.45, 2.75) is 55.4 Å². The number of hydrogen-bond acceptors (Lipinski definition) is 5. The van der Waals surface area contributed by atoms with Crippen molar-refractivity contribution in [3.05, 3.63) is 65.7 Å². The number of carbonyl (C=O) groups is 1. The molecule has 2 aliphatic rings. The quantitative estimate of drug-likeness (QED) is 0.684. The summed E-state index contributed by atoms with van der Waals surface area (Å²) >= 11 is 0. The molecule has 0 amide bonds. The third-order valence-corrected chi connectivity index (χ3v) is 8.19. The molecule has 0 bridgehead atoms. The summed E-state index contributed by atoms with van der Waals surface area (Å²) in [6, 6.07) is 16.5. The fourth-order valence-electron chi connectivity index (χ4n) is 5.00. The number of likely N-dealkylation sites (tertiary alicyclic amines) is 1. The van der Waals surface area contributed by atoms with Crippen LogP contribution in [0.2, 0.25) is 0 Å². The number of nitrogens with zero attached hydrogens (tertiary/aromatic N) is 1. The second-order valence-corrected chi connectivity index (χ2v) is 10.5. The van der Waals surface area contributed by atoms with Crippen molar-refractivity contribution in [3.63, 3.8) is 0 Å². The Bertz CT molecular complexity index is 963. The van der Waals surface area contributed by atoms with Gasteiger partial charge in [0.2, 0.25) is 0 Å². The predicted molar refractivity (Wildman–Crippen MR) is 119 cm³/mol. The van der Waals surface area contributed by atoms with Gasteiger partial charge in [-0.05, 0) is 55.5 Å². The number of aliphatic hydroxyl groups excluding tert-OH is 1. The largest absolute Gasteiger partial charge is 0.483 e. The van der Waals surface area contributed by atoms with Crippen LogP contribution in [0, 0.1) is 5.41 Å². The van der Waals surface area contributed by atoms with Crippen molar-refractivity contribution in [2.24, 2.45) is 5.41 Å². The van der Waals surface area contributed by atoms with E-state index in [1.165, 1.54) is 0 Å². The average molecular weight is 446 g/mol. The molecule has 1 saturated carbocycles. The van der Waals surface area contributed by atoms with Crippen LogP contribution in [0.5, 0.6) is 0 Å². The molecule has 1 aliphatic carbocycles. The molecule has 2 fully saturated rings. The van der Waals surface area contributed by atoms with E-state index in [1.807, 2.05) is 30.3 Å². The van der Waals surface area contributed by atoms with Crippen LogP contribution in [-0.2, 0) is 26.9 Å². The van der Waals surface area contributed by atoms with Crippen molar-refractivity contribution in [1.82, 2.24) is 4.90 Å². The SMILES string of the molecule is O=CO.O=S(=O)(Cc1ccccc1CN1CCC[C@]2(CCC[C@H]2O)C1)c1ccccc1. The monoisotopic (exact) mass is 445 g/mol. The minimum atomic E-state index is -3.37. The summed E-state index contributed by atoms with van der Waals surface area (Å²) in [4.78, 5) is 11.1. The van der Waals surface area contributed by atoms with Crippen LogP contribution >= 0.6 is 0 Å². The Morgan fingerprint density at radius 3 is 2.26 bits per heavy atom. The first-order chi connectivity index (χ1) is 14.9. The third kappa shape index (κ3) is 5.73. The summed E-state index contributed by atoms with van der Waals surface area (Å²) in [6.45, 7) is 2.41. The Kier molecular flexibility index (Phi) is 7.86.